The molecular weight excluding hydrogens is 438 g/mol. The summed E-state index contributed by atoms with van der Waals surface area (Å²) in [5, 5.41) is 19.9. The number of nitrogens with zero attached hydrogens (tertiary/aromatic N) is 2. The van der Waals surface area contributed by atoms with Crippen molar-refractivity contribution in [1.82, 2.24) is 4.31 Å². The number of anilines is 3. The molecule has 0 aromatic heterocycles. The van der Waals surface area contributed by atoms with Crippen LogP contribution >= 0.6 is 0 Å². The number of sulfonamides is 1. The summed E-state index contributed by atoms with van der Waals surface area (Å²) < 4.78 is 31.0. The Balaban J connectivity index is 2.23. The van der Waals surface area contributed by atoms with Crippen LogP contribution < -0.4 is 20.7 Å². The number of nitrogens with one attached hydrogen (secondary N) is 3. The topological polar surface area (TPSA) is 143 Å². The van der Waals surface area contributed by atoms with E-state index in [4.69, 9.17) is 4.74 Å². The predicted molar refractivity (Wildman–Crippen MR) is 123 cm³/mol. The van der Waals surface area contributed by atoms with E-state index >= 15 is 0 Å². The molecule has 0 aliphatic heterocycles. The number of carbonyl (C=O) groups excluding carboxylic acids is 1. The smallest absolute Gasteiger partial charge is 0.311 e. The third-order valence-electron chi connectivity index (χ3n) is 4.57. The average molecular weight is 466 g/mol. The molecule has 0 saturated carbocycles. The van der Waals surface area contributed by atoms with Gasteiger partial charge in [0, 0.05) is 38.5 Å². The first kappa shape index (κ1) is 24.9. The molecule has 0 saturated heterocycles. The fraction of sp³-hybridized carbons (Fsp3) is 0.350. The fourth-order valence-corrected chi connectivity index (χ4v) is 3.80. The Morgan fingerprint density at radius 1 is 1.12 bits per heavy atom. The molecule has 2 rings (SSSR count). The molecule has 0 atom stereocenters. The van der Waals surface area contributed by atoms with E-state index in [1.165, 1.54) is 45.5 Å². The second-order valence-corrected chi connectivity index (χ2v) is 9.17. The number of methoxy groups -OCH3 is 1. The molecule has 2 aromatic rings. The molecule has 174 valence electrons. The van der Waals surface area contributed by atoms with Gasteiger partial charge in [0.05, 0.1) is 34.8 Å². The molecule has 3 N–H and O–H groups in total. The lowest BCUT2D eigenvalue weighted by molar-refractivity contribution is -0.385. The van der Waals surface area contributed by atoms with Crippen LogP contribution in [0.2, 0.25) is 0 Å². The highest BCUT2D eigenvalue weighted by molar-refractivity contribution is 7.89. The number of nitro groups is 1. The van der Waals surface area contributed by atoms with E-state index in [1.807, 2.05) is 6.92 Å². The standard InChI is InChI=1S/C20H27N5O6S/c1-6-21-15-8-7-14(32(29,30)24(3)4)10-17(15)22-12-20(26)23-16-11-19(31-5)18(25(27)28)9-13(16)2/h7-11,21-22H,6,12H2,1-5H3,(H,23,26). The van der Waals surface area contributed by atoms with Gasteiger partial charge in [0.25, 0.3) is 0 Å². The van der Waals surface area contributed by atoms with Crippen molar-refractivity contribution in [3.05, 3.63) is 46.0 Å². The quantitative estimate of drug-likeness (QED) is 0.359. The Morgan fingerprint density at radius 2 is 1.81 bits per heavy atom. The molecule has 0 unspecified atom stereocenters. The molecule has 32 heavy (non-hydrogen) atoms. The van der Waals surface area contributed by atoms with Gasteiger partial charge in [-0.05, 0) is 37.6 Å². The number of hydrogen-bond acceptors (Lipinski definition) is 8. The first-order chi connectivity index (χ1) is 15.0. The van der Waals surface area contributed by atoms with Gasteiger partial charge in [0.2, 0.25) is 15.9 Å². The summed E-state index contributed by atoms with van der Waals surface area (Å²) in [5.41, 5.74) is 1.76. The van der Waals surface area contributed by atoms with E-state index in [-0.39, 0.29) is 22.9 Å². The zero-order valence-electron chi connectivity index (χ0n) is 18.6. The number of carbonyl (C=O) groups is 1. The lowest BCUT2D eigenvalue weighted by Gasteiger charge is -2.17. The lowest BCUT2D eigenvalue weighted by atomic mass is 10.1. The van der Waals surface area contributed by atoms with Crippen molar-refractivity contribution in [2.45, 2.75) is 18.7 Å². The van der Waals surface area contributed by atoms with Gasteiger partial charge in [-0.25, -0.2) is 12.7 Å². The highest BCUT2D eigenvalue weighted by Crippen LogP contribution is 2.33. The van der Waals surface area contributed by atoms with Crippen LogP contribution in [0.5, 0.6) is 5.75 Å². The summed E-state index contributed by atoms with van der Waals surface area (Å²) in [6.45, 7) is 3.96. The Bertz CT molecular complexity index is 1120. The van der Waals surface area contributed by atoms with Crippen LogP contribution in [0.1, 0.15) is 12.5 Å². The maximum absolute atomic E-state index is 12.5. The summed E-state index contributed by atoms with van der Waals surface area (Å²) in [7, 11) is 0.540. The largest absolute Gasteiger partial charge is 0.490 e. The number of amides is 1. The minimum absolute atomic E-state index is 0.0277. The summed E-state index contributed by atoms with van der Waals surface area (Å²) in [6, 6.07) is 7.29. The molecule has 0 fully saturated rings. The predicted octanol–water partition coefficient (Wildman–Crippen LogP) is 2.64. The van der Waals surface area contributed by atoms with Crippen LogP contribution in [0.25, 0.3) is 0 Å². The summed E-state index contributed by atoms with van der Waals surface area (Å²) in [5.74, 6) is -0.396. The maximum Gasteiger partial charge on any atom is 0.311 e. The van der Waals surface area contributed by atoms with Gasteiger partial charge in [0.1, 0.15) is 0 Å². The normalized spacial score (nSPS) is 11.2. The van der Waals surface area contributed by atoms with Crippen molar-refractivity contribution in [3.63, 3.8) is 0 Å². The zero-order valence-corrected chi connectivity index (χ0v) is 19.4. The van der Waals surface area contributed by atoms with E-state index in [0.29, 0.717) is 29.2 Å². The zero-order chi connectivity index (χ0) is 24.1. The van der Waals surface area contributed by atoms with E-state index < -0.39 is 20.9 Å². The summed E-state index contributed by atoms with van der Waals surface area (Å²) in [4.78, 5) is 23.2. The molecule has 0 bridgehead atoms. The number of benzene rings is 2. The summed E-state index contributed by atoms with van der Waals surface area (Å²) >= 11 is 0. The SMILES string of the molecule is CCNc1ccc(S(=O)(=O)N(C)C)cc1NCC(=O)Nc1cc(OC)c([N+](=O)[O-])cc1C. The molecule has 0 spiro atoms. The summed E-state index contributed by atoms with van der Waals surface area (Å²) in [6.07, 6.45) is 0. The Hall–Kier alpha value is -3.38. The van der Waals surface area contributed by atoms with Crippen molar-refractivity contribution in [3.8, 4) is 5.75 Å². The van der Waals surface area contributed by atoms with Crippen molar-refractivity contribution < 1.29 is 22.9 Å². The van der Waals surface area contributed by atoms with Crippen molar-refractivity contribution in [1.29, 1.82) is 0 Å². The number of ether oxygens (including phenoxy) is 1. The van der Waals surface area contributed by atoms with E-state index in [2.05, 4.69) is 16.0 Å². The lowest BCUT2D eigenvalue weighted by Crippen LogP contribution is -2.24. The highest BCUT2D eigenvalue weighted by atomic mass is 32.2. The van der Waals surface area contributed by atoms with Crippen molar-refractivity contribution in [2.75, 3.05) is 50.2 Å². The van der Waals surface area contributed by atoms with Gasteiger partial charge in [-0.2, -0.15) is 0 Å². The highest BCUT2D eigenvalue weighted by Gasteiger charge is 2.20. The van der Waals surface area contributed by atoms with Gasteiger partial charge in [-0.1, -0.05) is 0 Å². The fourth-order valence-electron chi connectivity index (χ4n) is 2.87. The second-order valence-electron chi connectivity index (χ2n) is 7.02. The van der Waals surface area contributed by atoms with Gasteiger partial charge < -0.3 is 20.7 Å². The van der Waals surface area contributed by atoms with Gasteiger partial charge in [-0.15, -0.1) is 0 Å². The Labute approximate surface area is 187 Å². The molecule has 0 heterocycles. The molecule has 11 nitrogen and oxygen atoms in total. The first-order valence-electron chi connectivity index (χ1n) is 9.68. The van der Waals surface area contributed by atoms with Crippen LogP contribution in [-0.2, 0) is 14.8 Å². The van der Waals surface area contributed by atoms with Crippen LogP contribution in [0, 0.1) is 17.0 Å². The number of nitro benzene ring substituents is 1. The van der Waals surface area contributed by atoms with Crippen molar-refractivity contribution in [2.24, 2.45) is 0 Å². The van der Waals surface area contributed by atoms with E-state index in [9.17, 15) is 23.3 Å². The van der Waals surface area contributed by atoms with Crippen molar-refractivity contribution >= 4 is 38.7 Å². The first-order valence-corrected chi connectivity index (χ1v) is 11.1. The van der Waals surface area contributed by atoms with Crippen LogP contribution in [0.3, 0.4) is 0 Å². The van der Waals surface area contributed by atoms with Gasteiger partial charge in [-0.3, -0.25) is 14.9 Å². The monoisotopic (exact) mass is 465 g/mol. The maximum atomic E-state index is 12.5. The average Bonchev–Trinajstić information content (AvgIpc) is 2.73. The van der Waals surface area contributed by atoms with E-state index in [1.54, 1.807) is 13.0 Å². The minimum Gasteiger partial charge on any atom is -0.490 e. The van der Waals surface area contributed by atoms with Crippen LogP contribution in [-0.4, -0.2) is 57.8 Å². The molecule has 2 aromatic carbocycles. The Morgan fingerprint density at radius 3 is 2.38 bits per heavy atom. The molecule has 0 radical (unpaired) electrons. The van der Waals surface area contributed by atoms with Gasteiger partial charge in [0.15, 0.2) is 5.75 Å². The molecule has 1 amide bonds. The van der Waals surface area contributed by atoms with E-state index in [0.717, 1.165) is 4.31 Å². The minimum atomic E-state index is -3.65. The van der Waals surface area contributed by atoms with Crippen LogP contribution in [0.4, 0.5) is 22.7 Å². The van der Waals surface area contributed by atoms with Crippen LogP contribution in [0.15, 0.2) is 35.2 Å². The second kappa shape index (κ2) is 10.3. The third kappa shape index (κ3) is 5.65. The number of hydrogen-bond donors (Lipinski definition) is 3. The molecule has 12 heteroatoms. The molecule has 0 aliphatic carbocycles. The number of aryl methyl sites for hydroxylation is 1. The molecule has 0 aliphatic rings. The third-order valence-corrected chi connectivity index (χ3v) is 6.38. The number of rotatable bonds is 10. The molecular formula is C20H27N5O6S. The Kier molecular flexibility index (Phi) is 8.00. The van der Waals surface area contributed by atoms with Gasteiger partial charge >= 0.3 is 5.69 Å².